The maximum Gasteiger partial charge on any atom is 0.164 e. The molecule has 0 amide bonds. The van der Waals surface area contributed by atoms with Gasteiger partial charge in [0.05, 0.1) is 0 Å². The summed E-state index contributed by atoms with van der Waals surface area (Å²) in [5.41, 5.74) is 7.96. The molecule has 48 heavy (non-hydrogen) atoms. The normalized spacial score (nSPS) is 16.5. The average molecular weight is 618 g/mol. The quantitative estimate of drug-likeness (QED) is 0.197. The van der Waals surface area contributed by atoms with Gasteiger partial charge in [-0.15, -0.1) is 0 Å². The van der Waals surface area contributed by atoms with Crippen molar-refractivity contribution in [3.05, 3.63) is 163 Å². The summed E-state index contributed by atoms with van der Waals surface area (Å²) in [7, 11) is 0. The van der Waals surface area contributed by atoms with Gasteiger partial charge in [-0.3, -0.25) is 0 Å². The van der Waals surface area contributed by atoms with Crippen LogP contribution in [0.1, 0.15) is 17.0 Å². The first-order valence-corrected chi connectivity index (χ1v) is 16.2. The summed E-state index contributed by atoms with van der Waals surface area (Å²) in [5.74, 6) is 2.73. The maximum atomic E-state index is 6.56. The van der Waals surface area contributed by atoms with Gasteiger partial charge in [0.25, 0.3) is 0 Å². The second kappa shape index (κ2) is 10.6. The third-order valence-corrected chi connectivity index (χ3v) is 9.46. The number of aromatic nitrogens is 3. The Morgan fingerprint density at radius 3 is 1.94 bits per heavy atom. The summed E-state index contributed by atoms with van der Waals surface area (Å²) in [6, 6.07) is 45.5. The van der Waals surface area contributed by atoms with Gasteiger partial charge in [-0.25, -0.2) is 15.0 Å². The highest BCUT2D eigenvalue weighted by Gasteiger charge is 2.36. The first-order chi connectivity index (χ1) is 23.8. The Labute approximate surface area is 276 Å². The molecule has 1 aliphatic carbocycles. The zero-order valence-electron chi connectivity index (χ0n) is 25.7. The number of rotatable bonds is 4. The molecule has 0 saturated carbocycles. The number of furan rings is 1. The molecule has 5 nitrogen and oxygen atoms in total. The van der Waals surface area contributed by atoms with Gasteiger partial charge in [0.1, 0.15) is 23.0 Å². The Kier molecular flexibility index (Phi) is 5.93. The minimum Gasteiger partial charge on any atom is -0.485 e. The van der Waals surface area contributed by atoms with Crippen LogP contribution in [0.3, 0.4) is 0 Å². The van der Waals surface area contributed by atoms with Gasteiger partial charge >= 0.3 is 0 Å². The molecule has 0 bridgehead atoms. The molecule has 8 aromatic rings. The Morgan fingerprint density at radius 2 is 1.19 bits per heavy atom. The molecule has 2 atom stereocenters. The van der Waals surface area contributed by atoms with Crippen LogP contribution < -0.4 is 4.74 Å². The number of allylic oxidation sites excluding steroid dienone is 2. The van der Waals surface area contributed by atoms with E-state index in [2.05, 4.69) is 78.9 Å². The molecule has 10 rings (SSSR count). The molecule has 1 aliphatic heterocycles. The minimum atomic E-state index is -0.127. The first kappa shape index (κ1) is 26.8. The predicted molar refractivity (Wildman–Crippen MR) is 192 cm³/mol. The van der Waals surface area contributed by atoms with E-state index in [1.807, 2.05) is 72.8 Å². The van der Waals surface area contributed by atoms with Crippen LogP contribution >= 0.6 is 0 Å². The van der Waals surface area contributed by atoms with Crippen LogP contribution in [0, 0.1) is 0 Å². The van der Waals surface area contributed by atoms with Crippen molar-refractivity contribution in [2.45, 2.75) is 12.0 Å². The van der Waals surface area contributed by atoms with Crippen molar-refractivity contribution in [3.8, 4) is 39.9 Å². The van der Waals surface area contributed by atoms with Gasteiger partial charge in [-0.1, -0.05) is 121 Å². The number of benzene rings is 6. The van der Waals surface area contributed by atoms with Crippen LogP contribution in [-0.2, 0) is 0 Å². The van der Waals surface area contributed by atoms with Gasteiger partial charge in [0, 0.05) is 38.9 Å². The summed E-state index contributed by atoms with van der Waals surface area (Å²) >= 11 is 0. The lowest BCUT2D eigenvalue weighted by Crippen LogP contribution is -2.17. The minimum absolute atomic E-state index is 0.0254. The van der Waals surface area contributed by atoms with Crippen LogP contribution in [0.5, 0.6) is 5.75 Å². The molecular formula is C43H27N3O2. The van der Waals surface area contributed by atoms with E-state index in [-0.39, 0.29) is 12.0 Å². The molecular weight excluding hydrogens is 590 g/mol. The third kappa shape index (κ3) is 4.28. The lowest BCUT2D eigenvalue weighted by atomic mass is 9.84. The lowest BCUT2D eigenvalue weighted by molar-refractivity contribution is 0.269. The highest BCUT2D eigenvalue weighted by molar-refractivity contribution is 6.14. The number of fused-ring (bicyclic) bond motifs is 7. The number of nitrogens with zero attached hydrogens (tertiary/aromatic N) is 3. The Bertz CT molecular complexity index is 2550. The third-order valence-electron chi connectivity index (χ3n) is 9.46. The van der Waals surface area contributed by atoms with Gasteiger partial charge in [-0.05, 0) is 52.3 Å². The second-order valence-corrected chi connectivity index (χ2v) is 12.3. The average Bonchev–Trinajstić information content (AvgIpc) is 3.72. The molecule has 5 heteroatoms. The van der Waals surface area contributed by atoms with Crippen LogP contribution in [-0.4, -0.2) is 21.1 Å². The van der Waals surface area contributed by atoms with E-state index in [1.54, 1.807) is 0 Å². The Hall–Kier alpha value is -6.33. The van der Waals surface area contributed by atoms with E-state index in [9.17, 15) is 0 Å². The van der Waals surface area contributed by atoms with Crippen LogP contribution in [0.2, 0.25) is 0 Å². The van der Waals surface area contributed by atoms with Gasteiger partial charge in [0.2, 0.25) is 0 Å². The summed E-state index contributed by atoms with van der Waals surface area (Å²) in [4.78, 5) is 15.0. The molecule has 3 heterocycles. The fourth-order valence-electron chi connectivity index (χ4n) is 7.22. The van der Waals surface area contributed by atoms with E-state index >= 15 is 0 Å². The molecule has 2 aromatic heterocycles. The Balaban J connectivity index is 1.13. The predicted octanol–water partition coefficient (Wildman–Crippen LogP) is 10.4. The second-order valence-electron chi connectivity index (χ2n) is 12.3. The largest absolute Gasteiger partial charge is 0.485 e. The maximum absolute atomic E-state index is 6.56. The van der Waals surface area contributed by atoms with E-state index in [0.29, 0.717) is 17.5 Å². The number of hydrogen-bond acceptors (Lipinski definition) is 5. The fraction of sp³-hybridized carbons (Fsp3) is 0.0465. The van der Waals surface area contributed by atoms with Crippen molar-refractivity contribution in [2.24, 2.45) is 0 Å². The van der Waals surface area contributed by atoms with Gasteiger partial charge in [-0.2, -0.15) is 0 Å². The van der Waals surface area contributed by atoms with E-state index in [0.717, 1.165) is 61.1 Å². The Morgan fingerprint density at radius 1 is 0.542 bits per heavy atom. The topological polar surface area (TPSA) is 61.0 Å². The molecule has 0 radical (unpaired) electrons. The van der Waals surface area contributed by atoms with Gasteiger partial charge < -0.3 is 9.15 Å². The molecule has 226 valence electrons. The van der Waals surface area contributed by atoms with E-state index in [4.69, 9.17) is 24.1 Å². The SMILES string of the molecule is C1=CC2Oc3cccc(-c4nc(-c5ccccc5)nc(-c5ccccc5)n4)c3C2C=C1c1cccc2oc3cc4ccccc4cc3c12. The van der Waals surface area contributed by atoms with Crippen molar-refractivity contribution < 1.29 is 9.15 Å². The van der Waals surface area contributed by atoms with Crippen LogP contribution in [0.4, 0.5) is 0 Å². The monoisotopic (exact) mass is 617 g/mol. The number of ether oxygens (including phenoxy) is 1. The highest BCUT2D eigenvalue weighted by atomic mass is 16.5. The van der Waals surface area contributed by atoms with Crippen molar-refractivity contribution in [1.82, 2.24) is 15.0 Å². The first-order valence-electron chi connectivity index (χ1n) is 16.2. The zero-order valence-corrected chi connectivity index (χ0v) is 25.7. The van der Waals surface area contributed by atoms with Crippen molar-refractivity contribution >= 4 is 38.3 Å². The van der Waals surface area contributed by atoms with E-state index in [1.165, 1.54) is 10.8 Å². The van der Waals surface area contributed by atoms with Crippen molar-refractivity contribution in [1.29, 1.82) is 0 Å². The van der Waals surface area contributed by atoms with Crippen LogP contribution in [0.15, 0.2) is 156 Å². The lowest BCUT2D eigenvalue weighted by Gasteiger charge is -2.20. The molecule has 2 unspecified atom stereocenters. The number of hydrogen-bond donors (Lipinski definition) is 0. The molecule has 0 fully saturated rings. The molecule has 6 aromatic carbocycles. The van der Waals surface area contributed by atoms with Crippen LogP contribution in [0.25, 0.3) is 72.4 Å². The standard InChI is InChI=1S/C43H27N3O2/c1-3-11-26(12-4-1)41-44-42(27-13-5-2-6-14-27)46-43(45-41)32-18-10-20-37-40(32)33-24-30(21-22-35(33)47-37)31-17-9-19-36-39(31)34-23-28-15-7-8-16-29(28)25-38(34)48-36/h1-25,33,35H. The summed E-state index contributed by atoms with van der Waals surface area (Å²) in [5, 5.41) is 4.60. The summed E-state index contributed by atoms with van der Waals surface area (Å²) in [6.45, 7) is 0. The molecule has 0 saturated heterocycles. The van der Waals surface area contributed by atoms with Crippen molar-refractivity contribution in [3.63, 3.8) is 0 Å². The highest BCUT2D eigenvalue weighted by Crippen LogP contribution is 2.48. The van der Waals surface area contributed by atoms with E-state index < -0.39 is 0 Å². The molecule has 0 N–H and O–H groups in total. The summed E-state index contributed by atoms with van der Waals surface area (Å²) in [6.07, 6.45) is 6.58. The van der Waals surface area contributed by atoms with Gasteiger partial charge in [0.15, 0.2) is 17.5 Å². The van der Waals surface area contributed by atoms with Crippen molar-refractivity contribution in [2.75, 3.05) is 0 Å². The molecule has 0 spiro atoms. The smallest absolute Gasteiger partial charge is 0.164 e. The zero-order chi connectivity index (χ0) is 31.6. The molecule has 2 aliphatic rings. The summed E-state index contributed by atoms with van der Waals surface area (Å²) < 4.78 is 13.0. The fourth-order valence-corrected chi connectivity index (χ4v) is 7.22.